The molecule has 1 aromatic heterocycles. The number of carboxylic acid groups (broad SMARTS) is 1. The average molecular weight is 542 g/mol. The van der Waals surface area contributed by atoms with Gasteiger partial charge < -0.3 is 19.9 Å². The number of para-hydroxylation sites is 1. The van der Waals surface area contributed by atoms with Crippen molar-refractivity contribution in [2.45, 2.75) is 18.8 Å². The number of aliphatic carboxylic acids is 1. The number of aromatic nitrogens is 2. The van der Waals surface area contributed by atoms with Crippen LogP contribution in [0.1, 0.15) is 27.0 Å². The molecule has 0 saturated heterocycles. The first-order valence-corrected chi connectivity index (χ1v) is 11.2. The molecular weight excluding hydrogens is 521 g/mol. The van der Waals surface area contributed by atoms with Crippen molar-refractivity contribution in [1.29, 1.82) is 0 Å². The van der Waals surface area contributed by atoms with Crippen molar-refractivity contribution >= 4 is 40.6 Å². The number of rotatable bonds is 3. The lowest BCUT2D eigenvalue weighted by Crippen LogP contribution is -2.45. The molecule has 4 N–H and O–H groups in total. The van der Waals surface area contributed by atoms with Gasteiger partial charge in [-0.2, -0.15) is 13.2 Å². The fourth-order valence-corrected chi connectivity index (χ4v) is 4.18. The number of anilines is 2. The number of carbonyl (C=O) groups is 3. The second-order valence-electron chi connectivity index (χ2n) is 8.38. The molecule has 10 nitrogen and oxygen atoms in total. The summed E-state index contributed by atoms with van der Waals surface area (Å²) < 4.78 is 36.3. The van der Waals surface area contributed by atoms with Crippen molar-refractivity contribution in [2.75, 3.05) is 17.3 Å². The number of carboxylic acids is 1. The number of aliphatic hydroxyl groups is 1. The molecule has 0 spiro atoms. The van der Waals surface area contributed by atoms with E-state index in [1.807, 2.05) is 31.2 Å². The van der Waals surface area contributed by atoms with Crippen LogP contribution in [0.5, 0.6) is 0 Å². The second-order valence-corrected chi connectivity index (χ2v) is 8.38. The van der Waals surface area contributed by atoms with Crippen molar-refractivity contribution in [3.8, 4) is 0 Å². The van der Waals surface area contributed by atoms with Crippen molar-refractivity contribution < 1.29 is 42.5 Å². The van der Waals surface area contributed by atoms with Gasteiger partial charge in [0.05, 0.1) is 23.8 Å². The Labute approximate surface area is 218 Å². The fraction of sp³-hybridized carbons (Fsp3) is 0.154. The van der Waals surface area contributed by atoms with Gasteiger partial charge in [0.2, 0.25) is 5.95 Å². The maximum Gasteiger partial charge on any atom is 0.490 e. The van der Waals surface area contributed by atoms with Crippen molar-refractivity contribution in [3.05, 3.63) is 89.0 Å². The highest BCUT2D eigenvalue weighted by molar-refractivity contribution is 6.12. The van der Waals surface area contributed by atoms with Crippen LogP contribution in [-0.2, 0) is 15.3 Å². The average Bonchev–Trinajstić information content (AvgIpc) is 3.40. The zero-order chi connectivity index (χ0) is 28.5. The largest absolute Gasteiger partial charge is 0.490 e. The van der Waals surface area contributed by atoms with Crippen LogP contribution in [0.3, 0.4) is 0 Å². The summed E-state index contributed by atoms with van der Waals surface area (Å²) in [5, 5.41) is 21.8. The van der Waals surface area contributed by atoms with Gasteiger partial charge in [-0.05, 0) is 36.8 Å². The molecule has 1 aliphatic rings. The Morgan fingerprint density at radius 2 is 1.72 bits per heavy atom. The first-order chi connectivity index (χ1) is 18.4. The molecule has 1 atom stereocenters. The Balaban J connectivity index is 0.000000448. The minimum atomic E-state index is -5.08. The highest BCUT2D eigenvalue weighted by atomic mass is 19.4. The Bertz CT molecular complexity index is 1590. The number of hydrogen-bond donors (Lipinski definition) is 4. The number of imidazole rings is 1. The molecular formula is C26H21F3N4O6. The number of hydrogen-bond acceptors (Lipinski definition) is 6. The molecule has 202 valence electrons. The zero-order valence-corrected chi connectivity index (χ0v) is 20.4. The molecule has 0 aliphatic carbocycles. The highest BCUT2D eigenvalue weighted by Gasteiger charge is 2.51. The quantitative estimate of drug-likeness (QED) is 0.298. The summed E-state index contributed by atoms with van der Waals surface area (Å²) in [5.41, 5.74) is 2.35. The van der Waals surface area contributed by atoms with Gasteiger partial charge in [-0.3, -0.25) is 15.0 Å². The highest BCUT2D eigenvalue weighted by Crippen LogP contribution is 2.46. The lowest BCUT2D eigenvalue weighted by atomic mass is 9.93. The molecule has 0 radical (unpaired) electrons. The number of H-pyrrole nitrogens is 1. The Hall–Kier alpha value is -4.91. The van der Waals surface area contributed by atoms with Gasteiger partial charge >= 0.3 is 18.2 Å². The van der Waals surface area contributed by atoms with Gasteiger partial charge in [0.15, 0.2) is 5.72 Å². The first kappa shape index (κ1) is 27.1. The molecule has 0 fully saturated rings. The molecule has 1 aliphatic heterocycles. The predicted octanol–water partition coefficient (Wildman–Crippen LogP) is 4.54. The summed E-state index contributed by atoms with van der Waals surface area (Å²) in [6, 6.07) is 19.7. The third-order valence-corrected chi connectivity index (χ3v) is 5.95. The number of aromatic amines is 1. The minimum Gasteiger partial charge on any atom is -0.475 e. The number of ether oxygens (including phenoxy) is 1. The second kappa shape index (κ2) is 10.1. The monoisotopic (exact) mass is 542 g/mol. The molecule has 39 heavy (non-hydrogen) atoms. The Morgan fingerprint density at radius 3 is 2.36 bits per heavy atom. The van der Waals surface area contributed by atoms with Crippen LogP contribution in [0.15, 0.2) is 66.7 Å². The standard InChI is InChI=1S/C24H20N4O4.C2HF3O2/c1-14-7-3-6-10-20(14)28-21(29)16-8-4-5-9-17(16)24(28,31)15-11-12-18-19(13-15)26-22(25-18)27-23(30)32-2;3-2(4,5)1(6)7/h3-13,31H,1-2H3,(H2,25,26,27,30);(H,6,7). The normalized spacial score (nSPS) is 16.4. The topological polar surface area (TPSA) is 145 Å². The van der Waals surface area contributed by atoms with Crippen LogP contribution in [-0.4, -0.2) is 51.4 Å². The molecule has 3 aromatic carbocycles. The summed E-state index contributed by atoms with van der Waals surface area (Å²) in [5.74, 6) is -2.82. The third kappa shape index (κ3) is 4.99. The molecule has 13 heteroatoms. The number of carbonyl (C=O) groups excluding carboxylic acids is 2. The van der Waals surface area contributed by atoms with Gasteiger partial charge in [-0.15, -0.1) is 0 Å². The first-order valence-electron chi connectivity index (χ1n) is 11.2. The minimum absolute atomic E-state index is 0.217. The van der Waals surface area contributed by atoms with Crippen LogP contribution in [0.2, 0.25) is 0 Å². The Kier molecular flexibility index (Phi) is 7.03. The van der Waals surface area contributed by atoms with Crippen molar-refractivity contribution in [1.82, 2.24) is 9.97 Å². The van der Waals surface area contributed by atoms with Gasteiger partial charge in [0.1, 0.15) is 0 Å². The van der Waals surface area contributed by atoms with E-state index in [0.29, 0.717) is 33.4 Å². The molecule has 0 saturated carbocycles. The summed E-state index contributed by atoms with van der Waals surface area (Å²) in [6.45, 7) is 1.90. The Morgan fingerprint density at radius 1 is 1.08 bits per heavy atom. The van der Waals surface area contributed by atoms with Crippen LogP contribution >= 0.6 is 0 Å². The number of nitrogens with one attached hydrogen (secondary N) is 2. The molecule has 5 rings (SSSR count). The zero-order valence-electron chi connectivity index (χ0n) is 20.4. The van der Waals surface area contributed by atoms with Gasteiger partial charge in [0, 0.05) is 16.7 Å². The van der Waals surface area contributed by atoms with Crippen molar-refractivity contribution in [2.24, 2.45) is 0 Å². The predicted molar refractivity (Wildman–Crippen MR) is 133 cm³/mol. The summed E-state index contributed by atoms with van der Waals surface area (Å²) in [4.78, 5) is 42.6. The summed E-state index contributed by atoms with van der Waals surface area (Å²) >= 11 is 0. The summed E-state index contributed by atoms with van der Waals surface area (Å²) in [7, 11) is 1.26. The van der Waals surface area contributed by atoms with E-state index in [1.54, 1.807) is 42.5 Å². The maximum absolute atomic E-state index is 13.4. The number of alkyl halides is 3. The maximum atomic E-state index is 13.4. The van der Waals surface area contributed by atoms with E-state index in [0.717, 1.165) is 5.56 Å². The SMILES string of the molecule is COC(=O)Nc1nc2ccc(C3(O)c4ccccc4C(=O)N3c3ccccc3C)cc2[nH]1.O=C(O)C(F)(F)F. The van der Waals surface area contributed by atoms with Crippen LogP contribution in [0, 0.1) is 6.92 Å². The lowest BCUT2D eigenvalue weighted by molar-refractivity contribution is -0.192. The molecule has 1 unspecified atom stereocenters. The number of aryl methyl sites for hydroxylation is 1. The van der Waals surface area contributed by atoms with Gasteiger partial charge in [0.25, 0.3) is 5.91 Å². The third-order valence-electron chi connectivity index (χ3n) is 5.95. The van der Waals surface area contributed by atoms with Gasteiger partial charge in [-0.25, -0.2) is 14.6 Å². The molecule has 2 amide bonds. The van der Waals surface area contributed by atoms with E-state index in [-0.39, 0.29) is 11.9 Å². The lowest BCUT2D eigenvalue weighted by Gasteiger charge is -2.35. The number of nitrogens with zero attached hydrogens (tertiary/aromatic N) is 2. The number of halogens is 3. The summed E-state index contributed by atoms with van der Waals surface area (Å²) in [6.07, 6.45) is -5.73. The van der Waals surface area contributed by atoms with Crippen LogP contribution < -0.4 is 10.2 Å². The fourth-order valence-electron chi connectivity index (χ4n) is 4.18. The van der Waals surface area contributed by atoms with E-state index < -0.39 is 24.0 Å². The number of fused-ring (bicyclic) bond motifs is 2. The smallest absolute Gasteiger partial charge is 0.475 e. The molecule has 0 bridgehead atoms. The van der Waals surface area contributed by atoms with Crippen LogP contribution in [0.4, 0.5) is 29.6 Å². The van der Waals surface area contributed by atoms with E-state index in [1.165, 1.54) is 12.0 Å². The van der Waals surface area contributed by atoms with Crippen molar-refractivity contribution in [3.63, 3.8) is 0 Å². The van der Waals surface area contributed by atoms with E-state index in [4.69, 9.17) is 9.90 Å². The molecule has 2 heterocycles. The number of benzene rings is 3. The number of amides is 2. The van der Waals surface area contributed by atoms with E-state index >= 15 is 0 Å². The van der Waals surface area contributed by atoms with Crippen LogP contribution in [0.25, 0.3) is 11.0 Å². The van der Waals surface area contributed by atoms with E-state index in [9.17, 15) is 27.9 Å². The molecule has 4 aromatic rings. The number of methoxy groups -OCH3 is 1. The van der Waals surface area contributed by atoms with E-state index in [2.05, 4.69) is 20.0 Å². The van der Waals surface area contributed by atoms with Gasteiger partial charge in [-0.1, -0.05) is 42.5 Å².